The molecule has 1 aromatic carbocycles. The average Bonchev–Trinajstić information content (AvgIpc) is 3.08. The van der Waals surface area contributed by atoms with Crippen LogP contribution in [-0.4, -0.2) is 52.8 Å². The Labute approximate surface area is 129 Å². The maximum absolute atomic E-state index is 12.5. The van der Waals surface area contributed by atoms with E-state index >= 15 is 0 Å². The molecule has 0 saturated carbocycles. The summed E-state index contributed by atoms with van der Waals surface area (Å²) < 4.78 is 0. The van der Waals surface area contributed by atoms with Crippen LogP contribution in [0.1, 0.15) is 26.3 Å². The van der Waals surface area contributed by atoms with Crippen LogP contribution in [-0.2, 0) is 0 Å². The van der Waals surface area contributed by atoms with E-state index in [1.54, 1.807) is 23.4 Å². The van der Waals surface area contributed by atoms with E-state index in [0.29, 0.717) is 37.3 Å². The van der Waals surface area contributed by atoms with E-state index in [1.807, 2.05) is 36.1 Å². The summed E-state index contributed by atoms with van der Waals surface area (Å²) in [6, 6.07) is 9.39. The first kappa shape index (κ1) is 14.4. The monoisotopic (exact) mass is 297 g/mol. The smallest absolute Gasteiger partial charge is 0.255 e. The third kappa shape index (κ3) is 2.88. The van der Waals surface area contributed by atoms with Crippen molar-refractivity contribution in [1.82, 2.24) is 14.8 Å². The first-order valence-electron chi connectivity index (χ1n) is 7.43. The number of H-pyrrole nitrogens is 1. The lowest BCUT2D eigenvalue weighted by molar-refractivity contribution is 0.0535. The quantitative estimate of drug-likeness (QED) is 0.920. The second-order valence-corrected chi connectivity index (χ2v) is 5.55. The number of carbonyl (C=O) groups is 2. The van der Waals surface area contributed by atoms with Gasteiger partial charge in [0, 0.05) is 44.1 Å². The third-order valence-corrected chi connectivity index (χ3v) is 3.96. The molecule has 2 amide bonds. The summed E-state index contributed by atoms with van der Waals surface area (Å²) in [6.45, 7) is 4.26. The molecule has 0 unspecified atom stereocenters. The van der Waals surface area contributed by atoms with E-state index in [1.165, 1.54) is 0 Å². The second-order valence-electron chi connectivity index (χ2n) is 5.55. The number of hydrogen-bond donors (Lipinski definition) is 1. The Balaban J connectivity index is 1.62. The van der Waals surface area contributed by atoms with Gasteiger partial charge >= 0.3 is 0 Å². The number of nitrogens with one attached hydrogen (secondary N) is 1. The van der Waals surface area contributed by atoms with Gasteiger partial charge in [-0.05, 0) is 25.1 Å². The molecule has 3 rings (SSSR count). The van der Waals surface area contributed by atoms with Crippen LogP contribution in [0.5, 0.6) is 0 Å². The molecular weight excluding hydrogens is 278 g/mol. The van der Waals surface area contributed by atoms with E-state index in [2.05, 4.69) is 4.98 Å². The molecule has 0 atom stereocenters. The summed E-state index contributed by atoms with van der Waals surface area (Å²) in [5.41, 5.74) is 2.45. The highest BCUT2D eigenvalue weighted by Gasteiger charge is 2.25. The van der Waals surface area contributed by atoms with E-state index in [-0.39, 0.29) is 11.8 Å². The largest absolute Gasteiger partial charge is 0.367 e. The van der Waals surface area contributed by atoms with Crippen molar-refractivity contribution in [3.63, 3.8) is 0 Å². The van der Waals surface area contributed by atoms with Gasteiger partial charge in [-0.25, -0.2) is 0 Å². The molecule has 114 valence electrons. The second kappa shape index (κ2) is 6.05. The molecule has 1 aliphatic rings. The molecule has 0 radical (unpaired) electrons. The summed E-state index contributed by atoms with van der Waals surface area (Å²) >= 11 is 0. The lowest BCUT2D eigenvalue weighted by Gasteiger charge is -2.34. The highest BCUT2D eigenvalue weighted by Crippen LogP contribution is 2.12. The predicted molar refractivity (Wildman–Crippen MR) is 83.8 cm³/mol. The van der Waals surface area contributed by atoms with Gasteiger partial charge in [0.15, 0.2) is 0 Å². The molecule has 1 N–H and O–H groups in total. The summed E-state index contributed by atoms with van der Waals surface area (Å²) in [4.78, 5) is 31.2. The Morgan fingerprint density at radius 3 is 2.14 bits per heavy atom. The Morgan fingerprint density at radius 1 is 0.955 bits per heavy atom. The molecule has 2 heterocycles. The van der Waals surface area contributed by atoms with Crippen molar-refractivity contribution in [1.29, 1.82) is 0 Å². The molecule has 5 heteroatoms. The molecule has 1 fully saturated rings. The van der Waals surface area contributed by atoms with Crippen LogP contribution < -0.4 is 0 Å². The zero-order chi connectivity index (χ0) is 15.5. The highest BCUT2D eigenvalue weighted by atomic mass is 16.2. The number of benzene rings is 1. The first-order chi connectivity index (χ1) is 10.6. The zero-order valence-electron chi connectivity index (χ0n) is 12.6. The van der Waals surface area contributed by atoms with Crippen molar-refractivity contribution in [2.75, 3.05) is 26.2 Å². The number of aromatic amines is 1. The van der Waals surface area contributed by atoms with Gasteiger partial charge in [-0.2, -0.15) is 0 Å². The zero-order valence-corrected chi connectivity index (χ0v) is 12.6. The number of amides is 2. The standard InChI is InChI=1S/C17H19N3O2/c1-13-3-2-4-14(11-13)16(21)19-7-9-20(10-8-19)17(22)15-5-6-18-12-15/h2-6,11-12,18H,7-10H2,1H3. The number of rotatable bonds is 2. The van der Waals surface area contributed by atoms with Crippen LogP contribution >= 0.6 is 0 Å². The minimum absolute atomic E-state index is 0.0175. The number of nitrogens with zero attached hydrogens (tertiary/aromatic N) is 2. The van der Waals surface area contributed by atoms with Crippen molar-refractivity contribution >= 4 is 11.8 Å². The van der Waals surface area contributed by atoms with Crippen molar-refractivity contribution in [2.24, 2.45) is 0 Å². The van der Waals surface area contributed by atoms with Gasteiger partial charge in [-0.1, -0.05) is 17.7 Å². The van der Waals surface area contributed by atoms with Crippen molar-refractivity contribution < 1.29 is 9.59 Å². The Hall–Kier alpha value is -2.56. The van der Waals surface area contributed by atoms with Crippen LogP contribution in [0.25, 0.3) is 0 Å². The van der Waals surface area contributed by atoms with Crippen LogP contribution in [0.4, 0.5) is 0 Å². The van der Waals surface area contributed by atoms with E-state index < -0.39 is 0 Å². The van der Waals surface area contributed by atoms with Gasteiger partial charge in [0.2, 0.25) is 0 Å². The molecule has 0 spiro atoms. The minimum Gasteiger partial charge on any atom is -0.367 e. The summed E-state index contributed by atoms with van der Waals surface area (Å²) in [5.74, 6) is 0.0568. The Morgan fingerprint density at radius 2 is 1.59 bits per heavy atom. The summed E-state index contributed by atoms with van der Waals surface area (Å²) in [6.07, 6.45) is 3.44. The number of aryl methyl sites for hydroxylation is 1. The normalized spacial score (nSPS) is 15.0. The Kier molecular flexibility index (Phi) is 3.96. The summed E-state index contributed by atoms with van der Waals surface area (Å²) in [7, 11) is 0. The lowest BCUT2D eigenvalue weighted by Crippen LogP contribution is -2.50. The lowest BCUT2D eigenvalue weighted by atomic mass is 10.1. The maximum Gasteiger partial charge on any atom is 0.255 e. The molecule has 0 aliphatic carbocycles. The number of carbonyl (C=O) groups excluding carboxylic acids is 2. The number of piperazine rings is 1. The molecule has 2 aromatic rings. The first-order valence-corrected chi connectivity index (χ1v) is 7.43. The van der Waals surface area contributed by atoms with Gasteiger partial charge in [-0.15, -0.1) is 0 Å². The molecule has 5 nitrogen and oxygen atoms in total. The number of hydrogen-bond acceptors (Lipinski definition) is 2. The fraction of sp³-hybridized carbons (Fsp3) is 0.294. The van der Waals surface area contributed by atoms with E-state index in [0.717, 1.165) is 5.56 Å². The predicted octanol–water partition coefficient (Wildman–Crippen LogP) is 1.92. The fourth-order valence-corrected chi connectivity index (χ4v) is 2.71. The van der Waals surface area contributed by atoms with Gasteiger partial charge in [0.1, 0.15) is 0 Å². The minimum atomic E-state index is 0.0175. The average molecular weight is 297 g/mol. The molecule has 0 bridgehead atoms. The van der Waals surface area contributed by atoms with Gasteiger partial charge < -0.3 is 14.8 Å². The summed E-state index contributed by atoms with van der Waals surface area (Å²) in [5, 5.41) is 0. The molecule has 22 heavy (non-hydrogen) atoms. The van der Waals surface area contributed by atoms with Crippen LogP contribution in [0, 0.1) is 6.92 Å². The van der Waals surface area contributed by atoms with Crippen molar-refractivity contribution in [3.8, 4) is 0 Å². The molecule has 1 aromatic heterocycles. The number of aromatic nitrogens is 1. The molecule has 1 aliphatic heterocycles. The maximum atomic E-state index is 12.5. The third-order valence-electron chi connectivity index (χ3n) is 3.96. The molecular formula is C17H19N3O2. The van der Waals surface area contributed by atoms with Crippen molar-refractivity contribution in [2.45, 2.75) is 6.92 Å². The van der Waals surface area contributed by atoms with E-state index in [9.17, 15) is 9.59 Å². The highest BCUT2D eigenvalue weighted by molar-refractivity contribution is 5.96. The van der Waals surface area contributed by atoms with E-state index in [4.69, 9.17) is 0 Å². The van der Waals surface area contributed by atoms with Crippen LogP contribution in [0.2, 0.25) is 0 Å². The molecule has 1 saturated heterocycles. The Bertz CT molecular complexity index is 671. The topological polar surface area (TPSA) is 56.4 Å². The van der Waals surface area contributed by atoms with Gasteiger partial charge in [-0.3, -0.25) is 9.59 Å². The fourth-order valence-electron chi connectivity index (χ4n) is 2.71. The van der Waals surface area contributed by atoms with Gasteiger partial charge in [0.05, 0.1) is 5.56 Å². The van der Waals surface area contributed by atoms with Crippen LogP contribution in [0.3, 0.4) is 0 Å². The van der Waals surface area contributed by atoms with Crippen LogP contribution in [0.15, 0.2) is 42.7 Å². The SMILES string of the molecule is Cc1cccc(C(=O)N2CCN(C(=O)c3cc[nH]c3)CC2)c1. The van der Waals surface area contributed by atoms with Crippen molar-refractivity contribution in [3.05, 3.63) is 59.4 Å². The van der Waals surface area contributed by atoms with Gasteiger partial charge in [0.25, 0.3) is 11.8 Å².